The zero-order valence-electron chi connectivity index (χ0n) is 12.0. The highest BCUT2D eigenvalue weighted by Crippen LogP contribution is 2.30. The number of aliphatic hydroxyl groups excluding tert-OH is 1. The van der Waals surface area contributed by atoms with Crippen molar-refractivity contribution >= 4 is 26.8 Å². The number of pyridine rings is 1. The molecule has 0 saturated heterocycles. The average Bonchev–Trinajstić information content (AvgIpc) is 2.48. The Bertz CT molecular complexity index is 813. The van der Waals surface area contributed by atoms with Crippen LogP contribution in [0.25, 0.3) is 10.9 Å². The first-order valence-electron chi connectivity index (χ1n) is 6.86. The number of hydrogen-bond donors (Lipinski definition) is 1. The van der Waals surface area contributed by atoms with Gasteiger partial charge in [0.15, 0.2) is 0 Å². The predicted molar refractivity (Wildman–Crippen MR) is 89.4 cm³/mol. The third kappa shape index (κ3) is 2.85. The summed E-state index contributed by atoms with van der Waals surface area (Å²) in [4.78, 5) is 4.49. The van der Waals surface area contributed by atoms with Crippen LogP contribution in [0.15, 0.2) is 53.0 Å². The molecular weight excluding hydrogens is 326 g/mol. The second kappa shape index (κ2) is 5.58. The number of fused-ring (bicyclic) bond motifs is 1. The monoisotopic (exact) mass is 341 g/mol. The Balaban J connectivity index is 2.07. The molecule has 0 radical (unpaired) electrons. The van der Waals surface area contributed by atoms with Crippen LogP contribution in [0.5, 0.6) is 0 Å². The van der Waals surface area contributed by atoms with E-state index in [0.717, 1.165) is 37.8 Å². The van der Waals surface area contributed by atoms with Crippen LogP contribution in [0.1, 0.15) is 28.5 Å². The summed E-state index contributed by atoms with van der Waals surface area (Å²) < 4.78 is 0.919. The zero-order valence-corrected chi connectivity index (χ0v) is 13.6. The largest absolute Gasteiger partial charge is 0.384 e. The van der Waals surface area contributed by atoms with Crippen LogP contribution < -0.4 is 0 Å². The Morgan fingerprint density at radius 2 is 1.81 bits per heavy atom. The number of aliphatic hydroxyl groups is 1. The minimum absolute atomic E-state index is 0.648. The smallest absolute Gasteiger partial charge is 0.105 e. The number of rotatable bonds is 2. The van der Waals surface area contributed by atoms with Crippen LogP contribution >= 0.6 is 15.9 Å². The number of aryl methyl sites for hydroxylation is 2. The van der Waals surface area contributed by atoms with Gasteiger partial charge in [0.1, 0.15) is 6.10 Å². The molecule has 1 atom stereocenters. The van der Waals surface area contributed by atoms with E-state index in [2.05, 4.69) is 20.9 Å². The van der Waals surface area contributed by atoms with Gasteiger partial charge in [-0.1, -0.05) is 45.8 Å². The number of nitrogens with zero attached hydrogens (tertiary/aromatic N) is 1. The van der Waals surface area contributed by atoms with Crippen LogP contribution in [-0.4, -0.2) is 10.1 Å². The first-order chi connectivity index (χ1) is 10.0. The lowest BCUT2D eigenvalue weighted by atomic mass is 9.98. The van der Waals surface area contributed by atoms with Crippen LogP contribution in [0.3, 0.4) is 0 Å². The fraction of sp³-hybridized carbons (Fsp3) is 0.167. The molecule has 1 unspecified atom stereocenters. The summed E-state index contributed by atoms with van der Waals surface area (Å²) in [5, 5.41) is 11.7. The van der Waals surface area contributed by atoms with Crippen LogP contribution in [0, 0.1) is 13.8 Å². The average molecular weight is 342 g/mol. The van der Waals surface area contributed by atoms with Gasteiger partial charge in [-0.3, -0.25) is 4.98 Å². The van der Waals surface area contributed by atoms with Crippen molar-refractivity contribution in [3.05, 3.63) is 75.4 Å². The van der Waals surface area contributed by atoms with E-state index in [4.69, 9.17) is 0 Å². The Hall–Kier alpha value is -1.71. The molecule has 3 heteroatoms. The van der Waals surface area contributed by atoms with Gasteiger partial charge in [0.2, 0.25) is 0 Å². The van der Waals surface area contributed by atoms with Crippen molar-refractivity contribution < 1.29 is 5.11 Å². The number of benzene rings is 2. The van der Waals surface area contributed by atoms with Crippen molar-refractivity contribution in [2.24, 2.45) is 0 Å². The maximum Gasteiger partial charge on any atom is 0.105 e. The molecule has 1 heterocycles. The minimum Gasteiger partial charge on any atom is -0.384 e. The molecule has 0 aliphatic heterocycles. The molecule has 21 heavy (non-hydrogen) atoms. The zero-order chi connectivity index (χ0) is 15.0. The van der Waals surface area contributed by atoms with Crippen molar-refractivity contribution in [3.8, 4) is 0 Å². The first-order valence-corrected chi connectivity index (χ1v) is 7.65. The molecule has 106 valence electrons. The summed E-state index contributed by atoms with van der Waals surface area (Å²) in [6.45, 7) is 4.00. The molecule has 2 nitrogen and oxygen atoms in total. The molecule has 1 aromatic heterocycles. The van der Waals surface area contributed by atoms with Gasteiger partial charge in [0, 0.05) is 15.6 Å². The van der Waals surface area contributed by atoms with Gasteiger partial charge >= 0.3 is 0 Å². The second-order valence-electron chi connectivity index (χ2n) is 5.33. The van der Waals surface area contributed by atoms with Crippen LogP contribution in [0.4, 0.5) is 0 Å². The summed E-state index contributed by atoms with van der Waals surface area (Å²) >= 11 is 3.52. The molecule has 1 N–H and O–H groups in total. The Kier molecular flexibility index (Phi) is 3.79. The molecule has 0 aliphatic carbocycles. The van der Waals surface area contributed by atoms with Gasteiger partial charge < -0.3 is 5.11 Å². The molecule has 0 spiro atoms. The van der Waals surface area contributed by atoms with E-state index in [-0.39, 0.29) is 0 Å². The van der Waals surface area contributed by atoms with E-state index in [9.17, 15) is 5.11 Å². The van der Waals surface area contributed by atoms with Gasteiger partial charge in [-0.25, -0.2) is 0 Å². The van der Waals surface area contributed by atoms with Crippen molar-refractivity contribution in [2.45, 2.75) is 20.0 Å². The highest BCUT2D eigenvalue weighted by Gasteiger charge is 2.14. The molecule has 0 fully saturated rings. The van der Waals surface area contributed by atoms with Crippen molar-refractivity contribution in [2.75, 3.05) is 0 Å². The Labute approximate surface area is 132 Å². The highest BCUT2D eigenvalue weighted by molar-refractivity contribution is 9.10. The Morgan fingerprint density at radius 3 is 2.62 bits per heavy atom. The van der Waals surface area contributed by atoms with Crippen LogP contribution in [-0.2, 0) is 0 Å². The molecule has 0 bridgehead atoms. The van der Waals surface area contributed by atoms with Crippen LogP contribution in [0.2, 0.25) is 0 Å². The summed E-state index contributed by atoms with van der Waals surface area (Å²) in [5.41, 5.74) is 4.84. The maximum absolute atomic E-state index is 10.7. The van der Waals surface area contributed by atoms with Crippen molar-refractivity contribution in [1.82, 2.24) is 4.98 Å². The van der Waals surface area contributed by atoms with E-state index in [1.54, 1.807) is 0 Å². The molecule has 0 amide bonds. The lowest BCUT2D eigenvalue weighted by Gasteiger charge is -2.15. The fourth-order valence-electron chi connectivity index (χ4n) is 2.47. The predicted octanol–water partition coefficient (Wildman–Crippen LogP) is 4.70. The molecule has 2 aromatic carbocycles. The van der Waals surface area contributed by atoms with Crippen molar-refractivity contribution in [1.29, 1.82) is 0 Å². The number of hydrogen-bond acceptors (Lipinski definition) is 2. The molecule has 0 saturated carbocycles. The second-order valence-corrected chi connectivity index (χ2v) is 6.19. The normalized spacial score (nSPS) is 12.6. The fourth-order valence-corrected chi connectivity index (χ4v) is 2.93. The first kappa shape index (κ1) is 14.2. The van der Waals surface area contributed by atoms with Gasteiger partial charge in [-0.2, -0.15) is 0 Å². The van der Waals surface area contributed by atoms with E-state index in [1.807, 2.05) is 62.4 Å². The molecular formula is C18H16BrNO. The minimum atomic E-state index is -0.648. The van der Waals surface area contributed by atoms with Gasteiger partial charge in [0.25, 0.3) is 0 Å². The SMILES string of the molecule is Cc1ccc(Br)c(C(O)c2ccc3nc(C)ccc3c2)c1. The van der Waals surface area contributed by atoms with Gasteiger partial charge in [0.05, 0.1) is 5.52 Å². The Morgan fingerprint density at radius 1 is 1.00 bits per heavy atom. The highest BCUT2D eigenvalue weighted by atomic mass is 79.9. The summed E-state index contributed by atoms with van der Waals surface area (Å²) in [6.07, 6.45) is -0.648. The summed E-state index contributed by atoms with van der Waals surface area (Å²) in [6, 6.07) is 15.9. The molecule has 3 rings (SSSR count). The van der Waals surface area contributed by atoms with Crippen molar-refractivity contribution in [3.63, 3.8) is 0 Å². The maximum atomic E-state index is 10.7. The topological polar surface area (TPSA) is 33.1 Å². The van der Waals surface area contributed by atoms with E-state index in [0.29, 0.717) is 0 Å². The lowest BCUT2D eigenvalue weighted by molar-refractivity contribution is 0.219. The number of aromatic nitrogens is 1. The van der Waals surface area contributed by atoms with E-state index < -0.39 is 6.10 Å². The van der Waals surface area contributed by atoms with E-state index >= 15 is 0 Å². The standard InChI is InChI=1S/C18H16BrNO/c1-11-3-7-16(19)15(9-11)18(21)14-6-8-17-13(10-14)5-4-12(2)20-17/h3-10,18,21H,1-2H3. The third-order valence-electron chi connectivity index (χ3n) is 3.61. The third-order valence-corrected chi connectivity index (χ3v) is 4.34. The van der Waals surface area contributed by atoms with Gasteiger partial charge in [-0.15, -0.1) is 0 Å². The van der Waals surface area contributed by atoms with E-state index in [1.165, 1.54) is 0 Å². The molecule has 0 aliphatic rings. The summed E-state index contributed by atoms with van der Waals surface area (Å²) in [7, 11) is 0. The van der Waals surface area contributed by atoms with Gasteiger partial charge in [-0.05, 0) is 49.2 Å². The molecule has 3 aromatic rings. The lowest BCUT2D eigenvalue weighted by Crippen LogP contribution is -2.01. The quantitative estimate of drug-likeness (QED) is 0.733. The summed E-state index contributed by atoms with van der Waals surface area (Å²) in [5.74, 6) is 0. The number of halogens is 1.